The fourth-order valence-corrected chi connectivity index (χ4v) is 14.1. The van der Waals surface area contributed by atoms with E-state index in [1.807, 2.05) is 0 Å². The number of carbonyl (C=O) groups is 1. The summed E-state index contributed by atoms with van der Waals surface area (Å²) in [5.74, 6) is 2.99. The van der Waals surface area contributed by atoms with Gasteiger partial charge in [-0.25, -0.2) is 4.79 Å². The second-order valence-corrected chi connectivity index (χ2v) is 19.2. The predicted molar refractivity (Wildman–Crippen MR) is 219 cm³/mol. The predicted octanol–water partition coefficient (Wildman–Crippen LogP) is 8.48. The summed E-state index contributed by atoms with van der Waals surface area (Å²) in [5, 5.41) is 34.5. The van der Waals surface area contributed by atoms with Crippen LogP contribution in [0.2, 0.25) is 0 Å². The number of benzene rings is 1. The molecule has 0 bridgehead atoms. The number of nitrogens with zero attached hydrogens (tertiary/aromatic N) is 1. The van der Waals surface area contributed by atoms with E-state index in [-0.39, 0.29) is 53.0 Å². The molecule has 8 nitrogen and oxygen atoms in total. The van der Waals surface area contributed by atoms with Gasteiger partial charge in [-0.3, -0.25) is 4.90 Å². The maximum atomic E-state index is 13.1. The summed E-state index contributed by atoms with van der Waals surface area (Å²) in [7, 11) is 1.47. The molecule has 1 aromatic rings. The van der Waals surface area contributed by atoms with Gasteiger partial charge in [-0.05, 0) is 110 Å². The van der Waals surface area contributed by atoms with E-state index in [0.29, 0.717) is 29.4 Å². The van der Waals surface area contributed by atoms with Crippen molar-refractivity contribution in [3.63, 3.8) is 0 Å². The molecule has 4 aliphatic heterocycles. The van der Waals surface area contributed by atoms with Gasteiger partial charge in [-0.1, -0.05) is 94.7 Å². The van der Waals surface area contributed by atoms with Gasteiger partial charge in [-0.15, -0.1) is 0 Å². The number of aryl methyl sites for hydroxylation is 1. The van der Waals surface area contributed by atoms with Crippen LogP contribution in [0.4, 0.5) is 0 Å². The lowest BCUT2D eigenvalue weighted by Gasteiger charge is -2.53. The molecule has 10 atom stereocenters. The summed E-state index contributed by atoms with van der Waals surface area (Å²) in [4.78, 5) is 15.6. The number of cyclic esters (lactones) is 1. The smallest absolute Gasteiger partial charge is 0.345 e. The van der Waals surface area contributed by atoms with Gasteiger partial charge in [0.2, 0.25) is 5.76 Å². The van der Waals surface area contributed by atoms with Gasteiger partial charge in [0.1, 0.15) is 11.3 Å². The first-order valence-electron chi connectivity index (χ1n) is 22.9. The summed E-state index contributed by atoms with van der Waals surface area (Å²) >= 11 is 0. The second kappa shape index (κ2) is 16.6. The number of hydrogen-bond donors (Lipinski definition) is 3. The van der Waals surface area contributed by atoms with Crippen molar-refractivity contribution in [3.8, 4) is 0 Å². The van der Waals surface area contributed by atoms with Crippen LogP contribution in [0.3, 0.4) is 0 Å². The Morgan fingerprint density at radius 3 is 2.60 bits per heavy atom. The largest absolute Gasteiger partial charge is 0.492 e. The molecule has 310 valence electrons. The fraction of sp³-hybridized carbons (Fsp3) is 0.694. The molecule has 4 heterocycles. The molecule has 1 aromatic carbocycles. The third kappa shape index (κ3) is 6.96. The van der Waals surface area contributed by atoms with Crippen LogP contribution < -0.4 is 0 Å². The summed E-state index contributed by atoms with van der Waals surface area (Å²) in [6.07, 6.45) is 26.8. The normalized spacial score (nSPS) is 36.8. The van der Waals surface area contributed by atoms with Crippen molar-refractivity contribution in [2.75, 3.05) is 26.9 Å². The summed E-state index contributed by atoms with van der Waals surface area (Å²) in [6, 6.07) is 9.63. The number of unbranched alkanes of at least 4 members (excludes halogenated alkanes) is 2. The monoisotopic (exact) mass is 781 g/mol. The number of fused-ring (bicyclic) bond motifs is 4. The van der Waals surface area contributed by atoms with Crippen LogP contribution in [0.5, 0.6) is 0 Å². The van der Waals surface area contributed by atoms with Crippen LogP contribution in [0.25, 0.3) is 0 Å². The molecule has 0 radical (unpaired) electrons. The highest BCUT2D eigenvalue weighted by molar-refractivity contribution is 5.94. The molecule has 8 aliphatic rings. The Morgan fingerprint density at radius 1 is 1.02 bits per heavy atom. The number of allylic oxidation sites excluding steroid dienone is 1. The Morgan fingerprint density at radius 2 is 1.84 bits per heavy atom. The van der Waals surface area contributed by atoms with Gasteiger partial charge in [0.05, 0.1) is 32.3 Å². The average Bonchev–Trinajstić information content (AvgIpc) is 4.07. The van der Waals surface area contributed by atoms with Crippen molar-refractivity contribution < 1.29 is 34.3 Å². The zero-order valence-corrected chi connectivity index (χ0v) is 34.5. The van der Waals surface area contributed by atoms with Crippen molar-refractivity contribution in [1.29, 1.82) is 0 Å². The Kier molecular flexibility index (Phi) is 11.5. The molecule has 0 unspecified atom stereocenters. The van der Waals surface area contributed by atoms with E-state index in [9.17, 15) is 20.1 Å². The SMILES string of the molecule is CCCCCc1cccc([C@H]2[C@@H]3C[C@@H]4[C@H]5C(=CCCN4[C@H]([C@@H](O)[C@H]4C=CC[C@@H](C6CCCC6)C4)[C@H]3CC23CCCC3)OC(=C2OC(=O)C(CO)=C2OC)[C@H]5CO)c1. The van der Waals surface area contributed by atoms with E-state index in [2.05, 4.69) is 54.3 Å². The highest BCUT2D eigenvalue weighted by atomic mass is 16.6. The number of aliphatic hydroxyl groups is 3. The van der Waals surface area contributed by atoms with Crippen molar-refractivity contribution in [2.24, 2.45) is 46.8 Å². The van der Waals surface area contributed by atoms with Crippen LogP contribution in [-0.2, 0) is 25.4 Å². The molecular formula is C49H67NO7. The van der Waals surface area contributed by atoms with E-state index < -0.39 is 24.6 Å². The summed E-state index contributed by atoms with van der Waals surface area (Å²) in [5.41, 5.74) is 3.24. The quantitative estimate of drug-likeness (QED) is 0.117. The van der Waals surface area contributed by atoms with Gasteiger partial charge in [-0.2, -0.15) is 0 Å². The number of methoxy groups -OCH3 is 1. The number of carbonyl (C=O) groups excluding carboxylic acids is 1. The van der Waals surface area contributed by atoms with Crippen LogP contribution in [0, 0.1) is 46.8 Å². The summed E-state index contributed by atoms with van der Waals surface area (Å²) < 4.78 is 18.1. The average molecular weight is 782 g/mol. The zero-order chi connectivity index (χ0) is 39.3. The van der Waals surface area contributed by atoms with Gasteiger partial charge in [0.15, 0.2) is 11.5 Å². The van der Waals surface area contributed by atoms with Gasteiger partial charge >= 0.3 is 5.97 Å². The number of aliphatic hydroxyl groups excluding tert-OH is 3. The van der Waals surface area contributed by atoms with Crippen LogP contribution in [-0.4, -0.2) is 71.2 Å². The van der Waals surface area contributed by atoms with Crippen molar-refractivity contribution in [2.45, 2.75) is 140 Å². The van der Waals surface area contributed by atoms with Crippen molar-refractivity contribution >= 4 is 5.97 Å². The minimum atomic E-state index is -0.646. The van der Waals surface area contributed by atoms with Crippen LogP contribution >= 0.6 is 0 Å². The maximum absolute atomic E-state index is 13.1. The highest BCUT2D eigenvalue weighted by Gasteiger charge is 2.63. The Labute approximate surface area is 340 Å². The Balaban J connectivity index is 1.13. The molecule has 57 heavy (non-hydrogen) atoms. The topological polar surface area (TPSA) is 109 Å². The molecule has 0 aromatic heterocycles. The molecule has 4 aliphatic carbocycles. The second-order valence-electron chi connectivity index (χ2n) is 19.2. The number of piperidine rings is 1. The first kappa shape index (κ1) is 39.5. The molecule has 5 fully saturated rings. The lowest BCUT2D eigenvalue weighted by Crippen LogP contribution is -2.62. The molecule has 2 saturated heterocycles. The maximum Gasteiger partial charge on any atom is 0.345 e. The first-order chi connectivity index (χ1) is 27.9. The molecular weight excluding hydrogens is 715 g/mol. The van der Waals surface area contributed by atoms with Gasteiger partial charge in [0.25, 0.3) is 0 Å². The summed E-state index contributed by atoms with van der Waals surface area (Å²) in [6.45, 7) is 2.42. The van der Waals surface area contributed by atoms with E-state index in [4.69, 9.17) is 14.2 Å². The highest BCUT2D eigenvalue weighted by Crippen LogP contribution is 2.67. The minimum Gasteiger partial charge on any atom is -0.492 e. The third-order valence-electron chi connectivity index (χ3n) is 16.5. The standard InChI is InChI=1S/C49H67NO7/c1-3-4-5-13-30-14-10-18-33(24-30)42-35-26-39-41-37(28-51)46(47-45(55-2)38(29-52)48(54)57-47)56-40(41)20-12-23-50(39)43(36(35)27-49(42)21-8-9-22-49)44(53)34-19-11-17-32(25-34)31-15-6-7-16-31/h10-11,14,18-20,24,31-32,34-37,39,41-44,51-53H,3-9,12-13,15-17,21-23,25-29H2,1-2H3/t32-,34+,35-,36+,37+,39-,41+,42+,43+,44+/m1/s1. The minimum absolute atomic E-state index is 0.00975. The van der Waals surface area contributed by atoms with Crippen LogP contribution in [0.15, 0.2) is 71.1 Å². The molecule has 9 rings (SSSR count). The Bertz CT molecular complexity index is 1770. The van der Waals surface area contributed by atoms with Crippen molar-refractivity contribution in [3.05, 3.63) is 82.2 Å². The van der Waals surface area contributed by atoms with E-state index in [1.165, 1.54) is 88.9 Å². The Hall–Kier alpha value is -2.91. The zero-order valence-electron chi connectivity index (χ0n) is 34.5. The third-order valence-corrected chi connectivity index (χ3v) is 16.5. The molecule has 8 heteroatoms. The van der Waals surface area contributed by atoms with Gasteiger partial charge < -0.3 is 29.5 Å². The molecule has 3 saturated carbocycles. The number of esters is 1. The molecule has 0 amide bonds. The van der Waals surface area contributed by atoms with Gasteiger partial charge in [0, 0.05) is 30.5 Å². The lowest BCUT2D eigenvalue weighted by molar-refractivity contribution is -0.134. The van der Waals surface area contributed by atoms with E-state index >= 15 is 0 Å². The molecule has 1 spiro atoms. The van der Waals surface area contributed by atoms with Crippen molar-refractivity contribution in [1.82, 2.24) is 4.90 Å². The first-order valence-corrected chi connectivity index (χ1v) is 22.9. The molecule has 3 N–H and O–H groups in total. The number of rotatable bonds is 11. The van der Waals surface area contributed by atoms with E-state index in [0.717, 1.165) is 56.7 Å². The number of ether oxygens (including phenoxy) is 3. The number of hydrogen-bond acceptors (Lipinski definition) is 8. The fourth-order valence-electron chi connectivity index (χ4n) is 14.1. The van der Waals surface area contributed by atoms with Crippen LogP contribution in [0.1, 0.15) is 127 Å². The lowest BCUT2D eigenvalue weighted by atomic mass is 9.65. The van der Waals surface area contributed by atoms with E-state index in [1.54, 1.807) is 0 Å².